The minimum absolute atomic E-state index is 0.0479. The van der Waals surface area contributed by atoms with E-state index in [-0.39, 0.29) is 24.3 Å². The molecule has 0 aromatic heterocycles. The molecule has 0 aliphatic heterocycles. The number of carbonyl (C=O) groups is 2. The van der Waals surface area contributed by atoms with Crippen molar-refractivity contribution in [1.82, 2.24) is 5.32 Å². The summed E-state index contributed by atoms with van der Waals surface area (Å²) in [5.74, 6) is 0.100. The molecule has 5 nitrogen and oxygen atoms in total. The van der Waals surface area contributed by atoms with E-state index in [1.54, 1.807) is 18.2 Å². The van der Waals surface area contributed by atoms with Crippen LogP contribution in [0.2, 0.25) is 5.02 Å². The van der Waals surface area contributed by atoms with E-state index >= 15 is 0 Å². The Morgan fingerprint density at radius 1 is 1.29 bits per heavy atom. The Morgan fingerprint density at radius 3 is 2.48 bits per heavy atom. The zero-order valence-electron chi connectivity index (χ0n) is 12.5. The third-order valence-corrected chi connectivity index (χ3v) is 3.51. The molecule has 1 aromatic rings. The number of anilines is 1. The summed E-state index contributed by atoms with van der Waals surface area (Å²) >= 11 is 5.97. The predicted octanol–water partition coefficient (Wildman–Crippen LogP) is 2.84. The quantitative estimate of drug-likeness (QED) is 0.813. The van der Waals surface area contributed by atoms with Crippen LogP contribution in [0.25, 0.3) is 0 Å². The highest BCUT2D eigenvalue weighted by molar-refractivity contribution is 6.32. The number of halogens is 1. The van der Waals surface area contributed by atoms with Crippen LogP contribution in [0.3, 0.4) is 0 Å². The number of hydrogen-bond acceptors (Lipinski definition) is 3. The fraction of sp³-hybridized carbons (Fsp3) is 0.467. The molecule has 0 aliphatic rings. The Kier molecular flexibility index (Phi) is 7.02. The first-order valence-electron chi connectivity index (χ1n) is 6.92. The molecule has 2 N–H and O–H groups in total. The summed E-state index contributed by atoms with van der Waals surface area (Å²) in [6, 6.07) is 4.95. The molecule has 0 spiro atoms. The van der Waals surface area contributed by atoms with E-state index < -0.39 is 0 Å². The lowest BCUT2D eigenvalue weighted by molar-refractivity contribution is -0.127. The van der Waals surface area contributed by atoms with Gasteiger partial charge in [-0.05, 0) is 31.0 Å². The second-order valence-electron chi connectivity index (χ2n) is 4.63. The Morgan fingerprint density at radius 2 is 1.95 bits per heavy atom. The van der Waals surface area contributed by atoms with Gasteiger partial charge in [0, 0.05) is 11.6 Å². The minimum atomic E-state index is -0.296. The molecule has 0 saturated heterocycles. The number of nitrogens with one attached hydrogen (secondary N) is 2. The van der Waals surface area contributed by atoms with E-state index in [2.05, 4.69) is 10.6 Å². The van der Waals surface area contributed by atoms with Gasteiger partial charge in [-0.15, -0.1) is 0 Å². The maximum atomic E-state index is 11.8. The molecule has 0 fully saturated rings. The van der Waals surface area contributed by atoms with Crippen LogP contribution < -0.4 is 15.4 Å². The molecule has 0 saturated carbocycles. The van der Waals surface area contributed by atoms with E-state index in [0.29, 0.717) is 16.5 Å². The van der Waals surface area contributed by atoms with Gasteiger partial charge in [0.25, 0.3) is 0 Å². The van der Waals surface area contributed by atoms with E-state index in [4.69, 9.17) is 16.3 Å². The maximum Gasteiger partial charge on any atom is 0.243 e. The number of benzene rings is 1. The van der Waals surface area contributed by atoms with Gasteiger partial charge < -0.3 is 15.4 Å². The first kappa shape index (κ1) is 17.3. The van der Waals surface area contributed by atoms with Crippen LogP contribution >= 0.6 is 11.6 Å². The molecular formula is C15H21ClN2O3. The molecule has 1 aromatic carbocycles. The van der Waals surface area contributed by atoms with Gasteiger partial charge in [-0.3, -0.25) is 9.59 Å². The normalized spacial score (nSPS) is 10.3. The Hall–Kier alpha value is -1.75. The fourth-order valence-electron chi connectivity index (χ4n) is 1.92. The van der Waals surface area contributed by atoms with E-state index in [9.17, 15) is 9.59 Å². The molecule has 0 atom stereocenters. The first-order valence-corrected chi connectivity index (χ1v) is 7.30. The van der Waals surface area contributed by atoms with Gasteiger partial charge in [0.1, 0.15) is 5.75 Å². The Balaban J connectivity index is 2.51. The summed E-state index contributed by atoms with van der Waals surface area (Å²) in [5.41, 5.74) is 0.558. The molecular weight excluding hydrogens is 292 g/mol. The molecule has 2 amide bonds. The third kappa shape index (κ3) is 5.27. The number of rotatable bonds is 7. The van der Waals surface area contributed by atoms with Crippen molar-refractivity contribution in [3.05, 3.63) is 23.2 Å². The molecule has 0 radical (unpaired) electrons. The molecule has 116 valence electrons. The average molecular weight is 313 g/mol. The van der Waals surface area contributed by atoms with Crippen molar-refractivity contribution in [2.45, 2.75) is 26.7 Å². The highest BCUT2D eigenvalue weighted by Gasteiger charge is 2.14. The van der Waals surface area contributed by atoms with Crippen LogP contribution in [0.4, 0.5) is 5.69 Å². The number of amides is 2. The first-order chi connectivity index (χ1) is 10.0. The summed E-state index contributed by atoms with van der Waals surface area (Å²) in [7, 11) is 1.52. The number of methoxy groups -OCH3 is 1. The smallest absolute Gasteiger partial charge is 0.243 e. The molecule has 0 bridgehead atoms. The largest absolute Gasteiger partial charge is 0.495 e. The average Bonchev–Trinajstić information content (AvgIpc) is 2.46. The highest BCUT2D eigenvalue weighted by atomic mass is 35.5. The number of ether oxygens (including phenoxy) is 1. The van der Waals surface area contributed by atoms with Crippen LogP contribution in [-0.2, 0) is 9.59 Å². The molecule has 6 heteroatoms. The van der Waals surface area contributed by atoms with Crippen molar-refractivity contribution < 1.29 is 14.3 Å². The van der Waals surface area contributed by atoms with E-state index in [0.717, 1.165) is 12.8 Å². The fourth-order valence-corrected chi connectivity index (χ4v) is 2.18. The Bertz CT molecular complexity index is 502. The summed E-state index contributed by atoms with van der Waals surface area (Å²) in [6.45, 7) is 3.85. The summed E-state index contributed by atoms with van der Waals surface area (Å²) in [4.78, 5) is 23.6. The van der Waals surface area contributed by atoms with Crippen molar-refractivity contribution in [3.8, 4) is 5.75 Å². The molecule has 1 rings (SSSR count). The minimum Gasteiger partial charge on any atom is -0.495 e. The highest BCUT2D eigenvalue weighted by Crippen LogP contribution is 2.27. The predicted molar refractivity (Wildman–Crippen MR) is 83.7 cm³/mol. The molecule has 21 heavy (non-hydrogen) atoms. The van der Waals surface area contributed by atoms with Crippen molar-refractivity contribution in [3.63, 3.8) is 0 Å². The second kappa shape index (κ2) is 8.52. The van der Waals surface area contributed by atoms with Gasteiger partial charge in [0.2, 0.25) is 11.8 Å². The summed E-state index contributed by atoms with van der Waals surface area (Å²) in [5, 5.41) is 5.72. The lowest BCUT2D eigenvalue weighted by Gasteiger charge is -2.13. The van der Waals surface area contributed by atoms with Crippen LogP contribution in [0.5, 0.6) is 5.75 Å². The van der Waals surface area contributed by atoms with Gasteiger partial charge in [-0.1, -0.05) is 25.4 Å². The van der Waals surface area contributed by atoms with E-state index in [1.165, 1.54) is 7.11 Å². The molecule has 0 unspecified atom stereocenters. The lowest BCUT2D eigenvalue weighted by atomic mass is 10.0. The van der Waals surface area contributed by atoms with Gasteiger partial charge in [-0.2, -0.15) is 0 Å². The van der Waals surface area contributed by atoms with Crippen molar-refractivity contribution >= 4 is 29.1 Å². The topological polar surface area (TPSA) is 67.4 Å². The zero-order valence-corrected chi connectivity index (χ0v) is 13.3. The van der Waals surface area contributed by atoms with Crippen LogP contribution in [0.15, 0.2) is 18.2 Å². The monoisotopic (exact) mass is 312 g/mol. The van der Waals surface area contributed by atoms with Crippen molar-refractivity contribution in [1.29, 1.82) is 0 Å². The summed E-state index contributed by atoms with van der Waals surface area (Å²) in [6.07, 6.45) is 1.52. The zero-order chi connectivity index (χ0) is 15.8. The number of hydrogen-bond donors (Lipinski definition) is 2. The SMILES string of the molecule is CCC(CC)C(=O)NCC(=O)Nc1ccc(OC)c(Cl)c1. The third-order valence-electron chi connectivity index (χ3n) is 3.22. The second-order valence-corrected chi connectivity index (χ2v) is 5.04. The van der Waals surface area contributed by atoms with E-state index in [1.807, 2.05) is 13.8 Å². The van der Waals surface area contributed by atoms with Crippen molar-refractivity contribution in [2.75, 3.05) is 19.0 Å². The molecule has 0 heterocycles. The standard InChI is InChI=1S/C15H21ClN2O3/c1-4-10(5-2)15(20)17-9-14(19)18-11-6-7-13(21-3)12(16)8-11/h6-8,10H,4-5,9H2,1-3H3,(H,17,20)(H,18,19). The van der Waals surface area contributed by atoms with Crippen LogP contribution in [0.1, 0.15) is 26.7 Å². The molecule has 0 aliphatic carbocycles. The number of carbonyl (C=O) groups excluding carboxylic acids is 2. The maximum absolute atomic E-state index is 11.8. The van der Waals surface area contributed by atoms with Crippen LogP contribution in [0, 0.1) is 5.92 Å². The lowest BCUT2D eigenvalue weighted by Crippen LogP contribution is -2.36. The van der Waals surface area contributed by atoms with Crippen LogP contribution in [-0.4, -0.2) is 25.5 Å². The van der Waals surface area contributed by atoms with Gasteiger partial charge in [0.15, 0.2) is 0 Å². The van der Waals surface area contributed by atoms with Crippen molar-refractivity contribution in [2.24, 2.45) is 5.92 Å². The van der Waals surface area contributed by atoms with Gasteiger partial charge in [-0.25, -0.2) is 0 Å². The summed E-state index contributed by atoms with van der Waals surface area (Å²) < 4.78 is 5.03. The van der Waals surface area contributed by atoms with Gasteiger partial charge in [0.05, 0.1) is 18.7 Å². The Labute approximate surface area is 130 Å². The van der Waals surface area contributed by atoms with Gasteiger partial charge >= 0.3 is 0 Å².